The highest BCUT2D eigenvalue weighted by atomic mass is 32.2. The molecule has 0 spiro atoms. The first-order valence-electron chi connectivity index (χ1n) is 5.57. The molecule has 0 atom stereocenters. The van der Waals surface area contributed by atoms with Crippen molar-refractivity contribution in [3.8, 4) is 0 Å². The molecule has 0 bridgehead atoms. The molecule has 0 radical (unpaired) electrons. The van der Waals surface area contributed by atoms with Crippen molar-refractivity contribution in [2.75, 3.05) is 38.0 Å². The van der Waals surface area contributed by atoms with Crippen molar-refractivity contribution in [2.24, 2.45) is 0 Å². The zero-order valence-electron chi connectivity index (χ0n) is 11.1. The van der Waals surface area contributed by atoms with Crippen LogP contribution in [0.2, 0.25) is 0 Å². The molecule has 0 saturated carbocycles. The van der Waals surface area contributed by atoms with Gasteiger partial charge in [-0.15, -0.1) is 0 Å². The van der Waals surface area contributed by atoms with E-state index in [0.29, 0.717) is 12.2 Å². The van der Waals surface area contributed by atoms with Gasteiger partial charge in [0.1, 0.15) is 9.84 Å². The van der Waals surface area contributed by atoms with E-state index in [0.717, 1.165) is 4.31 Å². The van der Waals surface area contributed by atoms with Crippen molar-refractivity contribution < 1.29 is 16.8 Å². The first kappa shape index (κ1) is 15.9. The number of anilines is 1. The van der Waals surface area contributed by atoms with Crippen molar-refractivity contribution in [3.63, 3.8) is 0 Å². The van der Waals surface area contributed by atoms with Crippen LogP contribution in [0.4, 0.5) is 5.69 Å². The van der Waals surface area contributed by atoms with Crippen LogP contribution >= 0.6 is 0 Å². The van der Waals surface area contributed by atoms with Crippen molar-refractivity contribution in [1.82, 2.24) is 4.31 Å². The summed E-state index contributed by atoms with van der Waals surface area (Å²) in [4.78, 5) is 0.200. The lowest BCUT2D eigenvalue weighted by Gasteiger charge is -2.12. The van der Waals surface area contributed by atoms with Crippen LogP contribution < -0.4 is 5.32 Å². The van der Waals surface area contributed by atoms with Gasteiger partial charge in [0.15, 0.2) is 0 Å². The number of rotatable bonds is 6. The SMILES string of the molecule is CN(C)S(=O)(=O)c1ccc(NCCS(C)(=O)=O)cc1. The van der Waals surface area contributed by atoms with Crippen LogP contribution in [0.15, 0.2) is 29.2 Å². The fraction of sp³-hybridized carbons (Fsp3) is 0.455. The highest BCUT2D eigenvalue weighted by Gasteiger charge is 2.16. The monoisotopic (exact) mass is 306 g/mol. The zero-order valence-corrected chi connectivity index (χ0v) is 12.8. The second-order valence-electron chi connectivity index (χ2n) is 4.37. The standard InChI is InChI=1S/C11H18N2O4S2/c1-13(2)19(16,17)11-6-4-10(5-7-11)12-8-9-18(3,14)15/h4-7,12H,8-9H2,1-3H3. The Kier molecular flexibility index (Phi) is 4.94. The Morgan fingerprint density at radius 1 is 1.05 bits per heavy atom. The topological polar surface area (TPSA) is 83.6 Å². The predicted molar refractivity (Wildman–Crippen MR) is 75.5 cm³/mol. The number of nitrogens with zero attached hydrogens (tertiary/aromatic N) is 1. The van der Waals surface area contributed by atoms with Crippen molar-refractivity contribution in [1.29, 1.82) is 0 Å². The molecule has 0 aromatic heterocycles. The summed E-state index contributed by atoms with van der Waals surface area (Å²) in [6.07, 6.45) is 1.17. The Labute approximate surface area is 114 Å². The number of benzene rings is 1. The maximum Gasteiger partial charge on any atom is 0.242 e. The van der Waals surface area contributed by atoms with Gasteiger partial charge in [-0.1, -0.05) is 0 Å². The quantitative estimate of drug-likeness (QED) is 0.822. The van der Waals surface area contributed by atoms with Gasteiger partial charge in [0.2, 0.25) is 10.0 Å². The van der Waals surface area contributed by atoms with Crippen LogP contribution in [-0.4, -0.2) is 53.8 Å². The van der Waals surface area contributed by atoms with Gasteiger partial charge in [0, 0.05) is 32.6 Å². The second kappa shape index (κ2) is 5.89. The Balaban J connectivity index is 2.73. The van der Waals surface area contributed by atoms with Gasteiger partial charge in [0.25, 0.3) is 0 Å². The molecule has 1 aromatic carbocycles. The molecule has 0 heterocycles. The van der Waals surface area contributed by atoms with E-state index in [9.17, 15) is 16.8 Å². The Hall–Kier alpha value is -1.12. The van der Waals surface area contributed by atoms with Gasteiger partial charge in [-0.05, 0) is 24.3 Å². The summed E-state index contributed by atoms with van der Waals surface area (Å²) in [5, 5.41) is 2.92. The summed E-state index contributed by atoms with van der Waals surface area (Å²) < 4.78 is 46.7. The van der Waals surface area contributed by atoms with E-state index in [-0.39, 0.29) is 10.6 Å². The number of hydrogen-bond acceptors (Lipinski definition) is 5. The minimum Gasteiger partial charge on any atom is -0.384 e. The van der Waals surface area contributed by atoms with Gasteiger partial charge >= 0.3 is 0 Å². The number of nitrogens with one attached hydrogen (secondary N) is 1. The molecular weight excluding hydrogens is 288 g/mol. The van der Waals surface area contributed by atoms with Crippen LogP contribution in [0.1, 0.15) is 0 Å². The Bertz CT molecular complexity index is 619. The largest absolute Gasteiger partial charge is 0.384 e. The third-order valence-corrected chi connectivity index (χ3v) is 5.21. The molecule has 0 unspecified atom stereocenters. The summed E-state index contributed by atoms with van der Waals surface area (Å²) in [6, 6.07) is 6.19. The van der Waals surface area contributed by atoms with Gasteiger partial charge in [0.05, 0.1) is 10.6 Å². The molecule has 0 amide bonds. The molecule has 6 nitrogen and oxygen atoms in total. The molecule has 19 heavy (non-hydrogen) atoms. The van der Waals surface area contributed by atoms with Crippen LogP contribution in [-0.2, 0) is 19.9 Å². The van der Waals surface area contributed by atoms with E-state index in [1.807, 2.05) is 0 Å². The van der Waals surface area contributed by atoms with Gasteiger partial charge < -0.3 is 5.32 Å². The number of sulfone groups is 1. The highest BCUT2D eigenvalue weighted by molar-refractivity contribution is 7.90. The van der Waals surface area contributed by atoms with Crippen LogP contribution in [0.25, 0.3) is 0 Å². The maximum absolute atomic E-state index is 11.8. The average Bonchev–Trinajstić information content (AvgIpc) is 2.27. The van der Waals surface area contributed by atoms with E-state index in [1.165, 1.54) is 32.5 Å². The summed E-state index contributed by atoms with van der Waals surface area (Å²) in [7, 11) is -3.50. The molecule has 1 N–H and O–H groups in total. The molecule has 0 aliphatic heterocycles. The summed E-state index contributed by atoms with van der Waals surface area (Å²) >= 11 is 0. The van der Waals surface area contributed by atoms with E-state index >= 15 is 0 Å². The first-order valence-corrected chi connectivity index (χ1v) is 9.07. The summed E-state index contributed by atoms with van der Waals surface area (Å²) in [5.74, 6) is 0.0325. The van der Waals surface area contributed by atoms with E-state index < -0.39 is 19.9 Å². The van der Waals surface area contributed by atoms with E-state index in [2.05, 4.69) is 5.32 Å². The highest BCUT2D eigenvalue weighted by Crippen LogP contribution is 2.16. The fourth-order valence-corrected chi connectivity index (χ4v) is 2.71. The normalized spacial score (nSPS) is 12.6. The first-order chi connectivity index (χ1) is 8.63. The average molecular weight is 306 g/mol. The van der Waals surface area contributed by atoms with Crippen molar-refractivity contribution >= 4 is 25.5 Å². The maximum atomic E-state index is 11.8. The molecule has 0 aliphatic carbocycles. The van der Waals surface area contributed by atoms with Crippen LogP contribution in [0, 0.1) is 0 Å². The van der Waals surface area contributed by atoms with Crippen molar-refractivity contribution in [2.45, 2.75) is 4.90 Å². The van der Waals surface area contributed by atoms with Gasteiger partial charge in [-0.3, -0.25) is 0 Å². The lowest BCUT2D eigenvalue weighted by atomic mass is 10.3. The second-order valence-corrected chi connectivity index (χ2v) is 8.78. The minimum absolute atomic E-state index is 0.0325. The molecular formula is C11H18N2O4S2. The van der Waals surface area contributed by atoms with Gasteiger partial charge in [-0.25, -0.2) is 21.1 Å². The summed E-state index contributed by atoms with van der Waals surface area (Å²) in [5.41, 5.74) is 0.682. The molecule has 0 fully saturated rings. The van der Waals surface area contributed by atoms with Gasteiger partial charge in [-0.2, -0.15) is 0 Å². The number of sulfonamides is 1. The lowest BCUT2D eigenvalue weighted by molar-refractivity contribution is 0.521. The number of hydrogen-bond donors (Lipinski definition) is 1. The molecule has 108 valence electrons. The predicted octanol–water partition coefficient (Wildman–Crippen LogP) is 0.393. The molecule has 8 heteroatoms. The molecule has 1 rings (SSSR count). The zero-order chi connectivity index (χ0) is 14.7. The van der Waals surface area contributed by atoms with Crippen molar-refractivity contribution in [3.05, 3.63) is 24.3 Å². The van der Waals surface area contributed by atoms with Crippen LogP contribution in [0.5, 0.6) is 0 Å². The fourth-order valence-electron chi connectivity index (χ4n) is 1.34. The Morgan fingerprint density at radius 3 is 2.00 bits per heavy atom. The molecule has 1 aromatic rings. The Morgan fingerprint density at radius 2 is 1.58 bits per heavy atom. The summed E-state index contributed by atoms with van der Waals surface area (Å²) in [6.45, 7) is 0.290. The lowest BCUT2D eigenvalue weighted by Crippen LogP contribution is -2.22. The third-order valence-electron chi connectivity index (χ3n) is 2.43. The third kappa shape index (κ3) is 4.81. The van der Waals surface area contributed by atoms with Crippen LogP contribution in [0.3, 0.4) is 0 Å². The molecule has 0 aliphatic rings. The minimum atomic E-state index is -3.43. The smallest absolute Gasteiger partial charge is 0.242 e. The molecule has 0 saturated heterocycles. The van der Waals surface area contributed by atoms with E-state index in [1.54, 1.807) is 12.1 Å². The van der Waals surface area contributed by atoms with E-state index in [4.69, 9.17) is 0 Å².